The molecule has 1 aromatic rings. The van der Waals surface area contributed by atoms with Crippen molar-refractivity contribution in [3.63, 3.8) is 0 Å². The van der Waals surface area contributed by atoms with Gasteiger partial charge in [-0.1, -0.05) is 31.6 Å². The Morgan fingerprint density at radius 3 is 2.07 bits per heavy atom. The average molecular weight is 376 g/mol. The minimum Gasteiger partial charge on any atom is -0.466 e. The number of carbonyl (C=O) groups is 3. The highest BCUT2D eigenvalue weighted by Crippen LogP contribution is 2.20. The zero-order valence-electron chi connectivity index (χ0n) is 15.8. The highest BCUT2D eigenvalue weighted by atomic mass is 16.5. The van der Waals surface area contributed by atoms with Crippen molar-refractivity contribution in [2.75, 3.05) is 13.7 Å². The van der Waals surface area contributed by atoms with Crippen LogP contribution >= 0.6 is 0 Å². The van der Waals surface area contributed by atoms with Gasteiger partial charge in [-0.15, -0.1) is 0 Å². The minimum absolute atomic E-state index is 0.205. The van der Waals surface area contributed by atoms with Crippen LogP contribution in [-0.2, 0) is 30.3 Å². The van der Waals surface area contributed by atoms with Crippen LogP contribution in [0.3, 0.4) is 0 Å². The molecule has 1 rings (SSSR count). The summed E-state index contributed by atoms with van der Waals surface area (Å²) in [5.74, 6) is -1.08. The number of hydrogen-bond acceptors (Lipinski definition) is 6. The first-order chi connectivity index (χ1) is 12.7. The molecule has 0 aliphatic heterocycles. The molecular weight excluding hydrogens is 352 g/mol. The van der Waals surface area contributed by atoms with E-state index in [1.807, 2.05) is 20.8 Å². The van der Waals surface area contributed by atoms with Crippen molar-refractivity contribution in [1.29, 1.82) is 0 Å². The molecule has 146 valence electrons. The first-order valence-corrected chi connectivity index (χ1v) is 8.10. The molecule has 0 heterocycles. The second-order valence-corrected chi connectivity index (χ2v) is 5.91. The number of esters is 1. The second-order valence-electron chi connectivity index (χ2n) is 5.91. The Hall–Kier alpha value is -3.25. The summed E-state index contributed by atoms with van der Waals surface area (Å²) in [6, 6.07) is 6.84. The smallest absolute Gasteiger partial charge is 0.373 e. The third kappa shape index (κ3) is 8.60. The summed E-state index contributed by atoms with van der Waals surface area (Å²) in [7, 11) is 1.36. The third-order valence-electron chi connectivity index (χ3n) is 3.79. The standard InChI is InChI=1S/C18H24N2O4.CO2/c1-11(2)12(3)15(18(23)24-4)9-13-5-7-14(8-6-13)17(22)20-10-16(19)21;2-1-3/h5-8,11H,9-10H2,1-4H3,(H2,19,21)(H,20,22);/b15-12+;. The summed E-state index contributed by atoms with van der Waals surface area (Å²) < 4.78 is 4.87. The van der Waals surface area contributed by atoms with Gasteiger partial charge in [0.25, 0.3) is 5.91 Å². The predicted octanol–water partition coefficient (Wildman–Crippen LogP) is 1.01. The lowest BCUT2D eigenvalue weighted by atomic mass is 9.94. The van der Waals surface area contributed by atoms with Gasteiger partial charge in [-0.2, -0.15) is 9.59 Å². The van der Waals surface area contributed by atoms with Crippen LogP contribution in [0.15, 0.2) is 35.4 Å². The number of allylic oxidation sites excluding steroid dienone is 1. The zero-order valence-corrected chi connectivity index (χ0v) is 15.8. The van der Waals surface area contributed by atoms with Crippen molar-refractivity contribution in [2.45, 2.75) is 27.2 Å². The monoisotopic (exact) mass is 376 g/mol. The van der Waals surface area contributed by atoms with E-state index in [0.717, 1.165) is 11.1 Å². The van der Waals surface area contributed by atoms with E-state index in [0.29, 0.717) is 17.6 Å². The van der Waals surface area contributed by atoms with Gasteiger partial charge in [0.1, 0.15) is 0 Å². The van der Waals surface area contributed by atoms with Crippen molar-refractivity contribution in [2.24, 2.45) is 11.7 Å². The maximum Gasteiger partial charge on any atom is 0.373 e. The van der Waals surface area contributed by atoms with Gasteiger partial charge in [-0.25, -0.2) is 4.79 Å². The molecule has 0 aliphatic rings. The maximum absolute atomic E-state index is 12.0. The van der Waals surface area contributed by atoms with E-state index in [2.05, 4.69) is 5.32 Å². The predicted molar refractivity (Wildman–Crippen MR) is 96.2 cm³/mol. The molecule has 0 saturated carbocycles. The number of carbonyl (C=O) groups excluding carboxylic acids is 5. The molecule has 0 aromatic heterocycles. The first kappa shape index (κ1) is 23.8. The maximum atomic E-state index is 12.0. The summed E-state index contributed by atoms with van der Waals surface area (Å²) in [5, 5.41) is 2.42. The number of nitrogens with two attached hydrogens (primary N) is 1. The number of amides is 2. The van der Waals surface area contributed by atoms with Crippen molar-refractivity contribution in [3.8, 4) is 0 Å². The average Bonchev–Trinajstić information content (AvgIpc) is 2.64. The summed E-state index contributed by atoms with van der Waals surface area (Å²) in [6.07, 6.45) is 0.680. The molecule has 0 bridgehead atoms. The summed E-state index contributed by atoms with van der Waals surface area (Å²) >= 11 is 0. The van der Waals surface area contributed by atoms with Crippen LogP contribution in [0.4, 0.5) is 0 Å². The Morgan fingerprint density at radius 1 is 1.15 bits per heavy atom. The van der Waals surface area contributed by atoms with Crippen molar-refractivity contribution < 1.29 is 28.7 Å². The van der Waals surface area contributed by atoms with Crippen LogP contribution < -0.4 is 11.1 Å². The topological polar surface area (TPSA) is 133 Å². The van der Waals surface area contributed by atoms with E-state index in [9.17, 15) is 14.4 Å². The van der Waals surface area contributed by atoms with E-state index in [-0.39, 0.29) is 30.5 Å². The molecule has 8 nitrogen and oxygen atoms in total. The van der Waals surface area contributed by atoms with E-state index in [1.54, 1.807) is 24.3 Å². The van der Waals surface area contributed by atoms with Crippen molar-refractivity contribution in [1.82, 2.24) is 5.32 Å². The van der Waals surface area contributed by atoms with Gasteiger partial charge < -0.3 is 15.8 Å². The Kier molecular flexibility index (Phi) is 10.7. The Morgan fingerprint density at radius 2 is 1.67 bits per heavy atom. The number of nitrogens with one attached hydrogen (secondary N) is 1. The number of ether oxygens (including phenoxy) is 1. The number of methoxy groups -OCH3 is 1. The van der Waals surface area contributed by atoms with Crippen LogP contribution in [0.2, 0.25) is 0 Å². The highest BCUT2D eigenvalue weighted by molar-refractivity contribution is 5.96. The fraction of sp³-hybridized carbons (Fsp3) is 0.368. The van der Waals surface area contributed by atoms with E-state index in [1.165, 1.54) is 7.11 Å². The highest BCUT2D eigenvalue weighted by Gasteiger charge is 2.16. The Balaban J connectivity index is 0.00000210. The lowest BCUT2D eigenvalue weighted by Crippen LogP contribution is -2.33. The summed E-state index contributed by atoms with van der Waals surface area (Å²) in [5.41, 5.74) is 7.90. The fourth-order valence-electron chi connectivity index (χ4n) is 2.09. The molecular formula is C19H24N2O6. The number of hydrogen-bond donors (Lipinski definition) is 2. The SMILES string of the molecule is COC(=O)/C(Cc1ccc(C(=O)NCC(N)=O)cc1)=C(\C)C(C)C.O=C=O. The number of primary amides is 1. The summed E-state index contributed by atoms with van der Waals surface area (Å²) in [4.78, 5) is 50.8. The van der Waals surface area contributed by atoms with E-state index >= 15 is 0 Å². The molecule has 1 aromatic carbocycles. The van der Waals surface area contributed by atoms with Crippen molar-refractivity contribution in [3.05, 3.63) is 46.5 Å². The molecule has 0 aliphatic carbocycles. The largest absolute Gasteiger partial charge is 0.466 e. The first-order valence-electron chi connectivity index (χ1n) is 8.10. The molecule has 27 heavy (non-hydrogen) atoms. The second kappa shape index (κ2) is 12.2. The van der Waals surface area contributed by atoms with Gasteiger partial charge in [0.2, 0.25) is 5.91 Å². The molecule has 0 spiro atoms. The van der Waals surface area contributed by atoms with Gasteiger partial charge in [0.15, 0.2) is 0 Å². The van der Waals surface area contributed by atoms with Gasteiger partial charge in [0, 0.05) is 17.6 Å². The molecule has 3 N–H and O–H groups in total. The van der Waals surface area contributed by atoms with Gasteiger partial charge >= 0.3 is 12.1 Å². The molecule has 0 unspecified atom stereocenters. The third-order valence-corrected chi connectivity index (χ3v) is 3.79. The quantitative estimate of drug-likeness (QED) is 0.539. The number of rotatable bonds is 7. The molecule has 2 amide bonds. The van der Waals surface area contributed by atoms with Crippen LogP contribution in [-0.4, -0.2) is 37.6 Å². The Bertz CT molecular complexity index is 729. The van der Waals surface area contributed by atoms with E-state index < -0.39 is 5.91 Å². The van der Waals surface area contributed by atoms with Crippen LogP contribution in [0.5, 0.6) is 0 Å². The molecule has 0 saturated heterocycles. The lowest BCUT2D eigenvalue weighted by molar-refractivity contribution is -0.191. The fourth-order valence-corrected chi connectivity index (χ4v) is 2.09. The summed E-state index contributed by atoms with van der Waals surface area (Å²) in [6.45, 7) is 5.75. The van der Waals surface area contributed by atoms with Gasteiger partial charge in [0.05, 0.1) is 13.7 Å². The van der Waals surface area contributed by atoms with Crippen LogP contribution in [0.25, 0.3) is 0 Å². The molecule has 8 heteroatoms. The van der Waals surface area contributed by atoms with E-state index in [4.69, 9.17) is 20.1 Å². The van der Waals surface area contributed by atoms with Gasteiger partial charge in [-0.3, -0.25) is 9.59 Å². The van der Waals surface area contributed by atoms with Gasteiger partial charge in [-0.05, 0) is 30.5 Å². The zero-order chi connectivity index (χ0) is 21.0. The minimum atomic E-state index is -0.600. The Labute approximate surface area is 157 Å². The molecule has 0 radical (unpaired) electrons. The van der Waals surface area contributed by atoms with Crippen LogP contribution in [0.1, 0.15) is 36.7 Å². The number of benzene rings is 1. The van der Waals surface area contributed by atoms with Crippen LogP contribution in [0, 0.1) is 5.92 Å². The molecule has 0 atom stereocenters. The molecule has 0 fully saturated rings. The normalized spacial score (nSPS) is 10.7. The van der Waals surface area contributed by atoms with Crippen molar-refractivity contribution >= 4 is 23.9 Å². The lowest BCUT2D eigenvalue weighted by Gasteiger charge is -2.13.